The molecule has 4 rings (SSSR count). The molecule has 146 valence electrons. The second-order valence-electron chi connectivity index (χ2n) is 6.90. The Hall–Kier alpha value is -3.20. The Kier molecular flexibility index (Phi) is 4.82. The summed E-state index contributed by atoms with van der Waals surface area (Å²) in [6.07, 6.45) is 3.69. The van der Waals surface area contributed by atoms with Crippen molar-refractivity contribution >= 4 is 16.7 Å². The van der Waals surface area contributed by atoms with Crippen LogP contribution in [0.2, 0.25) is 0 Å². The highest BCUT2D eigenvalue weighted by molar-refractivity contribution is 5.80. The fraction of sp³-hybridized carbons (Fsp3) is 0.368. The third kappa shape index (κ3) is 3.24. The molecule has 1 atom stereocenters. The van der Waals surface area contributed by atoms with Crippen molar-refractivity contribution < 1.29 is 4.79 Å². The van der Waals surface area contributed by atoms with E-state index in [-0.39, 0.29) is 36.0 Å². The van der Waals surface area contributed by atoms with E-state index in [1.54, 1.807) is 35.4 Å². The molecule has 1 saturated heterocycles. The summed E-state index contributed by atoms with van der Waals surface area (Å²) < 4.78 is 3.13. The summed E-state index contributed by atoms with van der Waals surface area (Å²) in [7, 11) is 1.90. The van der Waals surface area contributed by atoms with Crippen LogP contribution < -0.4 is 16.4 Å². The number of H-pyrrole nitrogens is 1. The zero-order valence-corrected chi connectivity index (χ0v) is 15.6. The van der Waals surface area contributed by atoms with Crippen LogP contribution in [0.25, 0.3) is 10.8 Å². The molecule has 0 spiro atoms. The molecule has 28 heavy (non-hydrogen) atoms. The van der Waals surface area contributed by atoms with Gasteiger partial charge in [0, 0.05) is 45.5 Å². The lowest BCUT2D eigenvalue weighted by Crippen LogP contribution is -2.49. The van der Waals surface area contributed by atoms with E-state index in [4.69, 9.17) is 0 Å². The Labute approximate surface area is 160 Å². The average molecular weight is 382 g/mol. The SMILES string of the molecule is Cn1ccnc1C1CNCCN1C(=O)CCn1[nH]c(=O)c2ccccc2c1=O. The van der Waals surface area contributed by atoms with Crippen LogP contribution in [0.1, 0.15) is 18.3 Å². The Morgan fingerprint density at radius 3 is 2.79 bits per heavy atom. The monoisotopic (exact) mass is 382 g/mol. The standard InChI is InChI=1S/C19H22N6O3/c1-23-10-8-21-17(23)15-12-20-7-11-24(15)16(26)6-9-25-19(28)14-5-3-2-4-13(14)18(27)22-25/h2-5,8,10,15,20H,6-7,9,11-12H2,1H3,(H,22,27). The number of aromatic amines is 1. The molecule has 2 aromatic heterocycles. The van der Waals surface area contributed by atoms with Crippen molar-refractivity contribution in [2.75, 3.05) is 19.6 Å². The molecule has 0 radical (unpaired) electrons. The number of aromatic nitrogens is 4. The molecular weight excluding hydrogens is 360 g/mol. The van der Waals surface area contributed by atoms with Crippen molar-refractivity contribution in [2.24, 2.45) is 7.05 Å². The zero-order chi connectivity index (χ0) is 19.7. The van der Waals surface area contributed by atoms with Gasteiger partial charge in [-0.2, -0.15) is 0 Å². The van der Waals surface area contributed by atoms with Crippen LogP contribution in [0, 0.1) is 0 Å². The summed E-state index contributed by atoms with van der Waals surface area (Å²) >= 11 is 0. The topological polar surface area (TPSA) is 105 Å². The fourth-order valence-electron chi connectivity index (χ4n) is 3.69. The van der Waals surface area contributed by atoms with E-state index in [1.807, 2.05) is 17.8 Å². The van der Waals surface area contributed by atoms with E-state index >= 15 is 0 Å². The van der Waals surface area contributed by atoms with Gasteiger partial charge in [0.05, 0.1) is 17.3 Å². The minimum atomic E-state index is -0.337. The maximum absolute atomic E-state index is 12.9. The van der Waals surface area contributed by atoms with Gasteiger partial charge in [0.25, 0.3) is 11.1 Å². The van der Waals surface area contributed by atoms with Gasteiger partial charge in [0.15, 0.2) is 0 Å². The van der Waals surface area contributed by atoms with Gasteiger partial charge in [-0.15, -0.1) is 0 Å². The quantitative estimate of drug-likeness (QED) is 0.660. The van der Waals surface area contributed by atoms with Crippen LogP contribution >= 0.6 is 0 Å². The van der Waals surface area contributed by atoms with E-state index in [1.165, 1.54) is 4.68 Å². The first-order valence-electron chi connectivity index (χ1n) is 9.25. The molecule has 1 aliphatic rings. The maximum atomic E-state index is 12.9. The van der Waals surface area contributed by atoms with E-state index in [0.29, 0.717) is 30.4 Å². The lowest BCUT2D eigenvalue weighted by molar-refractivity contribution is -0.135. The minimum absolute atomic E-state index is 0.0737. The highest BCUT2D eigenvalue weighted by atomic mass is 16.2. The van der Waals surface area contributed by atoms with E-state index in [2.05, 4.69) is 15.4 Å². The Balaban J connectivity index is 1.55. The van der Waals surface area contributed by atoms with Crippen LogP contribution in [-0.4, -0.2) is 49.8 Å². The molecule has 1 aromatic carbocycles. The molecule has 0 aliphatic carbocycles. The number of amides is 1. The van der Waals surface area contributed by atoms with Gasteiger partial charge < -0.3 is 14.8 Å². The van der Waals surface area contributed by atoms with E-state index in [0.717, 1.165) is 5.82 Å². The van der Waals surface area contributed by atoms with E-state index < -0.39 is 0 Å². The van der Waals surface area contributed by atoms with Crippen LogP contribution in [-0.2, 0) is 18.4 Å². The summed E-state index contributed by atoms with van der Waals surface area (Å²) in [4.78, 5) is 43.9. The number of imidazole rings is 1. The highest BCUT2D eigenvalue weighted by Gasteiger charge is 2.30. The molecule has 3 heterocycles. The van der Waals surface area contributed by atoms with Crippen molar-refractivity contribution in [1.29, 1.82) is 0 Å². The summed E-state index contributed by atoms with van der Waals surface area (Å²) in [5.74, 6) is 0.743. The number of hydrogen-bond donors (Lipinski definition) is 2. The number of carbonyl (C=O) groups excluding carboxylic acids is 1. The van der Waals surface area contributed by atoms with Gasteiger partial charge in [-0.25, -0.2) is 9.67 Å². The average Bonchev–Trinajstić information content (AvgIpc) is 3.15. The van der Waals surface area contributed by atoms with Gasteiger partial charge in [-0.3, -0.25) is 19.5 Å². The molecule has 0 saturated carbocycles. The number of carbonyl (C=O) groups is 1. The predicted molar refractivity (Wildman–Crippen MR) is 104 cm³/mol. The maximum Gasteiger partial charge on any atom is 0.273 e. The molecule has 9 heteroatoms. The number of fused-ring (bicyclic) bond motifs is 1. The molecule has 2 N–H and O–H groups in total. The number of nitrogens with zero attached hydrogens (tertiary/aromatic N) is 4. The molecule has 1 amide bonds. The lowest BCUT2D eigenvalue weighted by Gasteiger charge is -2.35. The largest absolute Gasteiger partial charge is 0.336 e. The van der Waals surface area contributed by atoms with Crippen LogP contribution in [0.3, 0.4) is 0 Å². The van der Waals surface area contributed by atoms with Gasteiger partial charge in [0.1, 0.15) is 11.9 Å². The van der Waals surface area contributed by atoms with Crippen molar-refractivity contribution in [3.8, 4) is 0 Å². The molecule has 1 fully saturated rings. The first-order valence-corrected chi connectivity index (χ1v) is 9.25. The van der Waals surface area contributed by atoms with Crippen molar-refractivity contribution in [3.05, 3.63) is 63.2 Å². The van der Waals surface area contributed by atoms with Crippen molar-refractivity contribution in [2.45, 2.75) is 19.0 Å². The van der Waals surface area contributed by atoms with Crippen LogP contribution in [0.15, 0.2) is 46.2 Å². The Morgan fingerprint density at radius 2 is 2.04 bits per heavy atom. The van der Waals surface area contributed by atoms with Gasteiger partial charge in [0.2, 0.25) is 5.91 Å². The molecule has 3 aromatic rings. The normalized spacial score (nSPS) is 17.2. The van der Waals surface area contributed by atoms with E-state index in [9.17, 15) is 14.4 Å². The van der Waals surface area contributed by atoms with Gasteiger partial charge >= 0.3 is 0 Å². The third-order valence-corrected chi connectivity index (χ3v) is 5.15. The second-order valence-corrected chi connectivity index (χ2v) is 6.90. The summed E-state index contributed by atoms with van der Waals surface area (Å²) in [5.41, 5.74) is -0.639. The molecular formula is C19H22N6O3. The summed E-state index contributed by atoms with van der Waals surface area (Å²) in [6.45, 7) is 2.03. The number of piperazine rings is 1. The number of aryl methyl sites for hydroxylation is 2. The lowest BCUT2D eigenvalue weighted by atomic mass is 10.1. The predicted octanol–water partition coefficient (Wildman–Crippen LogP) is -0.0135. The second kappa shape index (κ2) is 7.43. The minimum Gasteiger partial charge on any atom is -0.336 e. The molecule has 1 unspecified atom stereocenters. The number of nitrogens with one attached hydrogen (secondary N) is 2. The number of benzene rings is 1. The first-order chi connectivity index (χ1) is 13.6. The third-order valence-electron chi connectivity index (χ3n) is 5.15. The smallest absolute Gasteiger partial charge is 0.273 e. The molecule has 0 bridgehead atoms. The van der Waals surface area contributed by atoms with Crippen molar-refractivity contribution in [3.63, 3.8) is 0 Å². The van der Waals surface area contributed by atoms with Gasteiger partial charge in [-0.05, 0) is 12.1 Å². The Morgan fingerprint density at radius 1 is 1.25 bits per heavy atom. The fourth-order valence-corrected chi connectivity index (χ4v) is 3.69. The Bertz CT molecular complexity index is 1130. The number of hydrogen-bond acceptors (Lipinski definition) is 5. The first kappa shape index (κ1) is 18.2. The highest BCUT2D eigenvalue weighted by Crippen LogP contribution is 2.21. The van der Waals surface area contributed by atoms with Crippen LogP contribution in [0.4, 0.5) is 0 Å². The summed E-state index contributed by atoms with van der Waals surface area (Å²) in [5, 5.41) is 6.58. The number of rotatable bonds is 4. The van der Waals surface area contributed by atoms with Crippen molar-refractivity contribution in [1.82, 2.24) is 29.5 Å². The molecule has 9 nitrogen and oxygen atoms in total. The zero-order valence-electron chi connectivity index (χ0n) is 15.6. The molecule has 1 aliphatic heterocycles. The van der Waals surface area contributed by atoms with Gasteiger partial charge in [-0.1, -0.05) is 12.1 Å². The van der Waals surface area contributed by atoms with Crippen LogP contribution in [0.5, 0.6) is 0 Å². The summed E-state index contributed by atoms with van der Waals surface area (Å²) in [6, 6.07) is 6.51.